The molecule has 2 rings (SSSR count). The van der Waals surface area contributed by atoms with E-state index in [0.717, 1.165) is 21.8 Å². The number of carbonyl (C=O) groups is 2. The molecule has 1 aromatic carbocycles. The summed E-state index contributed by atoms with van der Waals surface area (Å²) in [5.74, 6) is -1.14. The molecule has 1 amide bonds. The van der Waals surface area contributed by atoms with E-state index in [1.54, 1.807) is 6.07 Å². The molecule has 0 aliphatic carbocycles. The van der Waals surface area contributed by atoms with Gasteiger partial charge in [0.25, 0.3) is 0 Å². The lowest BCUT2D eigenvalue weighted by Crippen LogP contribution is -2.35. The molecule has 0 fully saturated rings. The molecule has 2 aromatic rings. The number of carboxylic acids is 1. The van der Waals surface area contributed by atoms with E-state index in [-0.39, 0.29) is 13.2 Å². The number of carboxylic acid groups (broad SMARTS) is 1. The number of thiophene rings is 1. The maximum atomic E-state index is 12.1. The van der Waals surface area contributed by atoms with E-state index >= 15 is 0 Å². The first-order chi connectivity index (χ1) is 11.0. The molecule has 0 atom stereocenters. The molecule has 23 heavy (non-hydrogen) atoms. The Morgan fingerprint density at radius 1 is 1.22 bits per heavy atom. The Morgan fingerprint density at radius 2 is 1.91 bits per heavy atom. The fourth-order valence-corrected chi connectivity index (χ4v) is 3.32. The minimum absolute atomic E-state index is 0.0158. The van der Waals surface area contributed by atoms with Crippen LogP contribution in [0.5, 0.6) is 0 Å². The van der Waals surface area contributed by atoms with Crippen molar-refractivity contribution in [3.05, 3.63) is 56.2 Å². The summed E-state index contributed by atoms with van der Waals surface area (Å²) < 4.78 is 6.05. The molecule has 0 saturated heterocycles. The lowest BCUT2D eigenvalue weighted by Gasteiger charge is -2.20. The van der Waals surface area contributed by atoms with Gasteiger partial charge in [-0.2, -0.15) is 0 Å². The van der Waals surface area contributed by atoms with Crippen molar-refractivity contribution in [3.8, 4) is 0 Å². The summed E-state index contributed by atoms with van der Waals surface area (Å²) in [5, 5.41) is 8.96. The fraction of sp³-hybridized carbons (Fsp3) is 0.200. The predicted molar refractivity (Wildman–Crippen MR) is 89.0 cm³/mol. The van der Waals surface area contributed by atoms with Gasteiger partial charge in [0.15, 0.2) is 0 Å². The van der Waals surface area contributed by atoms with E-state index in [2.05, 4.69) is 0 Å². The summed E-state index contributed by atoms with van der Waals surface area (Å²) in [6.45, 7) is -0.409. The van der Waals surface area contributed by atoms with E-state index in [1.807, 2.05) is 30.3 Å². The van der Waals surface area contributed by atoms with Gasteiger partial charge in [0, 0.05) is 5.56 Å². The monoisotopic (exact) mass is 373 g/mol. The zero-order valence-corrected chi connectivity index (χ0v) is 14.2. The number of amides is 1. The van der Waals surface area contributed by atoms with Crippen LogP contribution in [-0.2, 0) is 22.7 Å². The molecule has 0 radical (unpaired) electrons. The largest absolute Gasteiger partial charge is 0.480 e. The number of rotatable bonds is 6. The molecule has 8 heteroatoms. The van der Waals surface area contributed by atoms with Crippen molar-refractivity contribution >= 4 is 46.6 Å². The van der Waals surface area contributed by atoms with Crippen LogP contribution in [0.4, 0.5) is 4.79 Å². The Hall–Kier alpha value is -1.76. The molecule has 1 heterocycles. The van der Waals surface area contributed by atoms with Crippen LogP contribution in [0.2, 0.25) is 8.67 Å². The van der Waals surface area contributed by atoms with Gasteiger partial charge in [-0.3, -0.25) is 9.69 Å². The Morgan fingerprint density at radius 3 is 2.48 bits per heavy atom. The van der Waals surface area contributed by atoms with Crippen molar-refractivity contribution in [2.45, 2.75) is 13.2 Å². The lowest BCUT2D eigenvalue weighted by atomic mass is 10.2. The van der Waals surface area contributed by atoms with Crippen molar-refractivity contribution in [3.63, 3.8) is 0 Å². The molecule has 1 N–H and O–H groups in total. The van der Waals surface area contributed by atoms with E-state index in [4.69, 9.17) is 33.0 Å². The highest BCUT2D eigenvalue weighted by molar-refractivity contribution is 7.20. The van der Waals surface area contributed by atoms with Gasteiger partial charge in [-0.05, 0) is 11.6 Å². The van der Waals surface area contributed by atoms with Gasteiger partial charge in [-0.15, -0.1) is 11.3 Å². The van der Waals surface area contributed by atoms with Crippen LogP contribution in [0.1, 0.15) is 11.1 Å². The molecule has 0 aliphatic heterocycles. The summed E-state index contributed by atoms with van der Waals surface area (Å²) in [4.78, 5) is 24.2. The first-order valence-corrected chi connectivity index (χ1v) is 8.14. The third-order valence-electron chi connectivity index (χ3n) is 2.88. The van der Waals surface area contributed by atoms with Crippen LogP contribution >= 0.6 is 34.5 Å². The van der Waals surface area contributed by atoms with Crippen LogP contribution in [0.25, 0.3) is 0 Å². The smallest absolute Gasteiger partial charge is 0.410 e. The highest BCUT2D eigenvalue weighted by atomic mass is 35.5. The minimum Gasteiger partial charge on any atom is -0.480 e. The van der Waals surface area contributed by atoms with Crippen LogP contribution < -0.4 is 0 Å². The SMILES string of the molecule is O=C(O)CN(Cc1cc(Cl)sc1Cl)C(=O)OCc1ccccc1. The Bertz CT molecular complexity index is 690. The van der Waals surface area contributed by atoms with Gasteiger partial charge in [-0.25, -0.2) is 4.79 Å². The normalized spacial score (nSPS) is 10.3. The fourth-order valence-electron chi connectivity index (χ4n) is 1.85. The second-order valence-corrected chi connectivity index (χ2v) is 6.93. The zero-order chi connectivity index (χ0) is 16.8. The van der Waals surface area contributed by atoms with Crippen molar-refractivity contribution in [2.75, 3.05) is 6.54 Å². The molecule has 0 aliphatic rings. The van der Waals surface area contributed by atoms with E-state index in [0.29, 0.717) is 14.2 Å². The van der Waals surface area contributed by atoms with Crippen molar-refractivity contribution in [1.29, 1.82) is 0 Å². The molecule has 5 nitrogen and oxygen atoms in total. The summed E-state index contributed by atoms with van der Waals surface area (Å²) in [6, 6.07) is 10.7. The van der Waals surface area contributed by atoms with Crippen LogP contribution in [0, 0.1) is 0 Å². The number of ether oxygens (including phenoxy) is 1. The van der Waals surface area contributed by atoms with Crippen molar-refractivity contribution in [2.24, 2.45) is 0 Å². The molecule has 0 bridgehead atoms. The molecular weight excluding hydrogens is 361 g/mol. The molecule has 1 aromatic heterocycles. The van der Waals surface area contributed by atoms with Crippen LogP contribution in [-0.4, -0.2) is 28.6 Å². The molecule has 122 valence electrons. The van der Waals surface area contributed by atoms with Gasteiger partial charge >= 0.3 is 12.1 Å². The molecule has 0 saturated carbocycles. The minimum atomic E-state index is -1.14. The van der Waals surface area contributed by atoms with Gasteiger partial charge in [-0.1, -0.05) is 53.5 Å². The molecule has 0 unspecified atom stereocenters. The third kappa shape index (κ3) is 5.42. The zero-order valence-electron chi connectivity index (χ0n) is 11.9. The highest BCUT2D eigenvalue weighted by Crippen LogP contribution is 2.32. The summed E-state index contributed by atoms with van der Waals surface area (Å²) in [5.41, 5.74) is 1.40. The van der Waals surface area contributed by atoms with E-state index < -0.39 is 18.6 Å². The van der Waals surface area contributed by atoms with Gasteiger partial charge < -0.3 is 9.84 Å². The van der Waals surface area contributed by atoms with Crippen molar-refractivity contribution in [1.82, 2.24) is 4.90 Å². The maximum absolute atomic E-state index is 12.1. The maximum Gasteiger partial charge on any atom is 0.410 e. The number of hydrogen-bond donors (Lipinski definition) is 1. The first-order valence-electron chi connectivity index (χ1n) is 6.57. The highest BCUT2D eigenvalue weighted by Gasteiger charge is 2.21. The topological polar surface area (TPSA) is 66.8 Å². The van der Waals surface area contributed by atoms with Gasteiger partial charge in [0.1, 0.15) is 13.2 Å². The van der Waals surface area contributed by atoms with Gasteiger partial charge in [0.2, 0.25) is 0 Å². The first kappa shape index (κ1) is 17.6. The average Bonchev–Trinajstić information content (AvgIpc) is 2.82. The lowest BCUT2D eigenvalue weighted by molar-refractivity contribution is -0.138. The summed E-state index contributed by atoms with van der Waals surface area (Å²) in [6.07, 6.45) is -0.727. The number of benzene rings is 1. The Labute approximate surface area is 147 Å². The predicted octanol–water partition coefficient (Wildman–Crippen LogP) is 4.28. The third-order valence-corrected chi connectivity index (χ3v) is 4.45. The quantitative estimate of drug-likeness (QED) is 0.820. The number of carbonyl (C=O) groups excluding carboxylic acids is 1. The number of halogens is 2. The van der Waals surface area contributed by atoms with Crippen LogP contribution in [0.3, 0.4) is 0 Å². The average molecular weight is 374 g/mol. The van der Waals surface area contributed by atoms with Crippen molar-refractivity contribution < 1.29 is 19.4 Å². The number of aliphatic carboxylic acids is 1. The van der Waals surface area contributed by atoms with E-state index in [1.165, 1.54) is 0 Å². The second kappa shape index (κ2) is 8.19. The number of hydrogen-bond acceptors (Lipinski definition) is 4. The summed E-state index contributed by atoms with van der Waals surface area (Å²) in [7, 11) is 0. The second-order valence-electron chi connectivity index (χ2n) is 4.64. The number of nitrogens with zero attached hydrogens (tertiary/aromatic N) is 1. The summed E-state index contributed by atoms with van der Waals surface area (Å²) >= 11 is 13.0. The Balaban J connectivity index is 2.03. The van der Waals surface area contributed by atoms with Crippen LogP contribution in [0.15, 0.2) is 36.4 Å². The molecular formula is C15H13Cl2NO4S. The standard InChI is InChI=1S/C15H13Cl2NO4S/c16-12-6-11(14(17)23-12)7-18(8-13(19)20)15(21)22-9-10-4-2-1-3-5-10/h1-6H,7-9H2,(H,19,20). The Kier molecular flexibility index (Phi) is 6.27. The van der Waals surface area contributed by atoms with E-state index in [9.17, 15) is 9.59 Å². The molecule has 0 spiro atoms. The van der Waals surface area contributed by atoms with Gasteiger partial charge in [0.05, 0.1) is 15.2 Å².